The molecule has 3 aromatic carbocycles. The predicted octanol–water partition coefficient (Wildman–Crippen LogP) is 5.88. The van der Waals surface area contributed by atoms with Crippen molar-refractivity contribution in [2.45, 2.75) is 18.6 Å². The highest BCUT2D eigenvalue weighted by atomic mass is 32.1. The summed E-state index contributed by atoms with van der Waals surface area (Å²) in [6.07, 6.45) is -3.78. The Morgan fingerprint density at radius 3 is 2.23 bits per heavy atom. The highest BCUT2D eigenvalue weighted by Gasteiger charge is 2.32. The second-order valence-corrected chi connectivity index (χ2v) is 9.08. The molecule has 4 rings (SSSR count). The van der Waals surface area contributed by atoms with Crippen molar-refractivity contribution < 1.29 is 36.9 Å². The van der Waals surface area contributed by atoms with Crippen molar-refractivity contribution in [3.05, 3.63) is 82.9 Å². The number of esters is 1. The van der Waals surface area contributed by atoms with E-state index < -0.39 is 17.7 Å². The number of nitrogens with one attached hydrogen (secondary N) is 1. The van der Waals surface area contributed by atoms with Crippen LogP contribution in [0.3, 0.4) is 0 Å². The average Bonchev–Trinajstić information content (AvgIpc) is 2.94. The minimum absolute atomic E-state index is 0.189. The number of halogens is 3. The number of alkyl halides is 3. The first kappa shape index (κ1) is 28.0. The Labute approximate surface area is 229 Å². The molecule has 0 saturated carbocycles. The van der Waals surface area contributed by atoms with Crippen molar-refractivity contribution in [3.63, 3.8) is 0 Å². The van der Waals surface area contributed by atoms with Crippen molar-refractivity contribution in [1.29, 1.82) is 0 Å². The normalized spacial score (nSPS) is 14.7. The predicted molar refractivity (Wildman–Crippen MR) is 144 cm³/mol. The number of hydrogen-bond donors (Lipinski definition) is 1. The molecule has 0 aliphatic carbocycles. The summed E-state index contributed by atoms with van der Waals surface area (Å²) in [4.78, 5) is 13.7. The number of rotatable bonds is 7. The van der Waals surface area contributed by atoms with Gasteiger partial charge < -0.3 is 29.2 Å². The third-order valence-corrected chi connectivity index (χ3v) is 6.75. The van der Waals surface area contributed by atoms with Crippen LogP contribution in [-0.2, 0) is 17.3 Å². The van der Waals surface area contributed by atoms with E-state index in [2.05, 4.69) is 5.32 Å². The molecule has 1 atom stereocenters. The molecule has 1 aliphatic rings. The van der Waals surface area contributed by atoms with Gasteiger partial charge in [0.05, 0.1) is 38.5 Å². The molecule has 7 nitrogen and oxygen atoms in total. The number of hydrogen-bond acceptors (Lipinski definition) is 6. The summed E-state index contributed by atoms with van der Waals surface area (Å²) < 4.78 is 60.8. The topological polar surface area (TPSA) is 69.3 Å². The van der Waals surface area contributed by atoms with Crippen molar-refractivity contribution >= 4 is 29.0 Å². The van der Waals surface area contributed by atoms with E-state index in [4.69, 9.17) is 31.2 Å². The van der Waals surface area contributed by atoms with Crippen molar-refractivity contribution in [2.24, 2.45) is 0 Å². The van der Waals surface area contributed by atoms with Gasteiger partial charge in [-0.15, -0.1) is 0 Å². The fraction of sp³-hybridized carbons (Fsp3) is 0.286. The minimum Gasteiger partial charge on any atom is -0.493 e. The zero-order valence-corrected chi connectivity index (χ0v) is 22.3. The second-order valence-electron chi connectivity index (χ2n) is 8.70. The molecule has 0 fully saturated rings. The molecule has 0 spiro atoms. The summed E-state index contributed by atoms with van der Waals surface area (Å²) >= 11 is 5.70. The number of anilines is 1. The number of fused-ring (bicyclic) bond motifs is 1. The van der Waals surface area contributed by atoms with E-state index in [0.717, 1.165) is 23.3 Å². The fourth-order valence-electron chi connectivity index (χ4n) is 4.37. The molecule has 3 aromatic rings. The summed E-state index contributed by atoms with van der Waals surface area (Å²) in [5, 5.41) is 3.39. The molecule has 206 valence electrons. The SMILES string of the molecule is COC(=O)c1ccc(OC[C@H]2c3cc(OC)c(OC)cc3CCN2C(=S)Nc2ccc(C(F)(F)F)cc2)cc1. The van der Waals surface area contributed by atoms with Gasteiger partial charge in [0.2, 0.25) is 0 Å². The number of ether oxygens (including phenoxy) is 4. The van der Waals surface area contributed by atoms with Crippen molar-refractivity contribution in [2.75, 3.05) is 39.8 Å². The molecule has 0 unspecified atom stereocenters. The summed E-state index contributed by atoms with van der Waals surface area (Å²) in [6, 6.07) is 14.7. The lowest BCUT2D eigenvalue weighted by atomic mass is 9.92. The third kappa shape index (κ3) is 6.36. The van der Waals surface area contributed by atoms with Crippen LogP contribution in [-0.4, -0.2) is 50.5 Å². The van der Waals surface area contributed by atoms with Crippen LogP contribution >= 0.6 is 12.2 Å². The molecule has 1 N–H and O–H groups in total. The number of methoxy groups -OCH3 is 3. The van der Waals surface area contributed by atoms with Gasteiger partial charge >= 0.3 is 12.1 Å². The molecule has 0 bridgehead atoms. The van der Waals surface area contributed by atoms with E-state index >= 15 is 0 Å². The Balaban J connectivity index is 1.60. The zero-order chi connectivity index (χ0) is 28.2. The monoisotopic (exact) mass is 560 g/mol. The molecule has 0 amide bonds. The lowest BCUT2D eigenvalue weighted by molar-refractivity contribution is -0.137. The zero-order valence-electron chi connectivity index (χ0n) is 21.5. The molecule has 39 heavy (non-hydrogen) atoms. The van der Waals surface area contributed by atoms with Crippen LogP contribution in [0.2, 0.25) is 0 Å². The van der Waals surface area contributed by atoms with E-state index in [1.54, 1.807) is 38.5 Å². The first-order chi connectivity index (χ1) is 18.6. The van der Waals surface area contributed by atoms with Gasteiger partial charge in [0.15, 0.2) is 16.6 Å². The first-order valence-electron chi connectivity index (χ1n) is 12.0. The van der Waals surface area contributed by atoms with Crippen LogP contribution in [0.4, 0.5) is 18.9 Å². The number of thiocarbonyl (C=S) groups is 1. The molecule has 1 aliphatic heterocycles. The molecular formula is C28H27F3N2O5S. The van der Waals surface area contributed by atoms with Gasteiger partial charge in [-0.25, -0.2) is 4.79 Å². The number of carbonyl (C=O) groups is 1. The van der Waals surface area contributed by atoms with Gasteiger partial charge in [-0.05, 0) is 90.4 Å². The van der Waals surface area contributed by atoms with Crippen molar-refractivity contribution in [3.8, 4) is 17.2 Å². The molecule has 0 saturated heterocycles. The van der Waals surface area contributed by atoms with Gasteiger partial charge in [0.1, 0.15) is 12.4 Å². The van der Waals surface area contributed by atoms with Gasteiger partial charge in [-0.2, -0.15) is 13.2 Å². The lowest BCUT2D eigenvalue weighted by Crippen LogP contribution is -2.44. The van der Waals surface area contributed by atoms with Gasteiger partial charge in [0, 0.05) is 12.2 Å². The van der Waals surface area contributed by atoms with Crippen LogP contribution in [0, 0.1) is 0 Å². The first-order valence-corrected chi connectivity index (χ1v) is 12.4. The number of benzene rings is 3. The van der Waals surface area contributed by atoms with E-state index in [1.807, 2.05) is 17.0 Å². The quantitative estimate of drug-likeness (QED) is 0.284. The highest BCUT2D eigenvalue weighted by molar-refractivity contribution is 7.80. The minimum atomic E-state index is -4.42. The van der Waals surface area contributed by atoms with Gasteiger partial charge in [-0.3, -0.25) is 0 Å². The summed E-state index contributed by atoms with van der Waals surface area (Å²) in [5.74, 6) is 1.24. The van der Waals surface area contributed by atoms with Crippen LogP contribution in [0.1, 0.15) is 33.1 Å². The van der Waals surface area contributed by atoms with Gasteiger partial charge in [-0.1, -0.05) is 0 Å². The Hall–Kier alpha value is -3.99. The summed E-state index contributed by atoms with van der Waals surface area (Å²) in [5.41, 5.74) is 2.05. The third-order valence-electron chi connectivity index (χ3n) is 6.41. The van der Waals surface area contributed by atoms with Crippen molar-refractivity contribution in [1.82, 2.24) is 4.90 Å². The maximum absolute atomic E-state index is 13.0. The largest absolute Gasteiger partial charge is 0.493 e. The van der Waals surface area contributed by atoms with E-state index in [-0.39, 0.29) is 12.6 Å². The lowest BCUT2D eigenvalue weighted by Gasteiger charge is -2.39. The Morgan fingerprint density at radius 1 is 1.00 bits per heavy atom. The van der Waals surface area contributed by atoms with Crippen LogP contribution in [0.25, 0.3) is 0 Å². The van der Waals surface area contributed by atoms with E-state index in [0.29, 0.717) is 46.6 Å². The Bertz CT molecular complexity index is 1330. The molecule has 11 heteroatoms. The summed E-state index contributed by atoms with van der Waals surface area (Å²) in [6.45, 7) is 0.721. The molecule has 0 aromatic heterocycles. The molecule has 0 radical (unpaired) electrons. The standard InChI is InChI=1S/C28H27F3N2O5S/c1-35-24-14-18-12-13-33(27(39)32-20-8-6-19(7-9-20)28(29,30)31)23(22(18)15-25(24)36-2)16-38-21-10-4-17(5-11-21)26(34)37-3/h4-11,14-15,23H,12-13,16H2,1-3H3,(H,32,39)/t23-/m0/s1. The smallest absolute Gasteiger partial charge is 0.416 e. The highest BCUT2D eigenvalue weighted by Crippen LogP contribution is 2.39. The van der Waals surface area contributed by atoms with Crippen LogP contribution in [0.5, 0.6) is 17.2 Å². The fourth-order valence-corrected chi connectivity index (χ4v) is 4.71. The van der Waals surface area contributed by atoms with E-state index in [9.17, 15) is 18.0 Å². The van der Waals surface area contributed by atoms with Gasteiger partial charge in [0.25, 0.3) is 0 Å². The number of carbonyl (C=O) groups excluding carboxylic acids is 1. The number of nitrogens with zero attached hydrogens (tertiary/aromatic N) is 1. The van der Waals surface area contributed by atoms with E-state index in [1.165, 1.54) is 19.2 Å². The maximum Gasteiger partial charge on any atom is 0.416 e. The Morgan fingerprint density at radius 2 is 1.64 bits per heavy atom. The van der Waals surface area contributed by atoms with Crippen LogP contribution < -0.4 is 19.5 Å². The molecule has 1 heterocycles. The molecular weight excluding hydrogens is 533 g/mol. The maximum atomic E-state index is 13.0. The Kier molecular flexibility index (Phi) is 8.49. The van der Waals surface area contributed by atoms with Crippen LogP contribution in [0.15, 0.2) is 60.7 Å². The average molecular weight is 561 g/mol. The summed E-state index contributed by atoms with van der Waals surface area (Å²) in [7, 11) is 4.43. The second kappa shape index (κ2) is 11.8.